The van der Waals surface area contributed by atoms with Crippen LogP contribution in [0.5, 0.6) is 0 Å². The molecule has 28 heavy (non-hydrogen) atoms. The van der Waals surface area contributed by atoms with Crippen LogP contribution in [0.25, 0.3) is 10.4 Å². The molecule has 1 saturated heterocycles. The Balaban J connectivity index is 2.00. The molecule has 0 radical (unpaired) electrons. The number of benzene rings is 1. The van der Waals surface area contributed by atoms with Crippen LogP contribution in [0.3, 0.4) is 0 Å². The van der Waals surface area contributed by atoms with Crippen molar-refractivity contribution < 1.29 is 19.1 Å². The van der Waals surface area contributed by atoms with Gasteiger partial charge in [0.05, 0.1) is 19.4 Å². The highest BCUT2D eigenvalue weighted by Gasteiger charge is 2.34. The first-order chi connectivity index (χ1) is 13.4. The Morgan fingerprint density at radius 3 is 2.50 bits per heavy atom. The number of esters is 1. The van der Waals surface area contributed by atoms with Gasteiger partial charge in [-0.2, -0.15) is 0 Å². The van der Waals surface area contributed by atoms with Gasteiger partial charge in [-0.25, -0.2) is 4.79 Å². The minimum absolute atomic E-state index is 0.0931. The second kappa shape index (κ2) is 8.88. The van der Waals surface area contributed by atoms with E-state index in [0.717, 1.165) is 16.9 Å². The SMILES string of the molecule is COC(=O)c1sc(-c2ccccc2)cc1N(C(=O)[C@H]1CC[C@@H](C)CO1)C(C)C. The minimum Gasteiger partial charge on any atom is -0.465 e. The van der Waals surface area contributed by atoms with Crippen LogP contribution < -0.4 is 4.90 Å². The van der Waals surface area contributed by atoms with E-state index in [1.807, 2.05) is 50.2 Å². The van der Waals surface area contributed by atoms with Crippen LogP contribution in [0.4, 0.5) is 5.69 Å². The smallest absolute Gasteiger partial charge is 0.350 e. The third-order valence-corrected chi connectivity index (χ3v) is 6.09. The Morgan fingerprint density at radius 1 is 1.21 bits per heavy atom. The third-order valence-electron chi connectivity index (χ3n) is 4.93. The summed E-state index contributed by atoms with van der Waals surface area (Å²) >= 11 is 1.35. The Morgan fingerprint density at radius 2 is 1.93 bits per heavy atom. The summed E-state index contributed by atoms with van der Waals surface area (Å²) in [4.78, 5) is 28.8. The van der Waals surface area contributed by atoms with Gasteiger partial charge in [0, 0.05) is 10.9 Å². The molecule has 150 valence electrons. The zero-order chi connectivity index (χ0) is 20.3. The van der Waals surface area contributed by atoms with E-state index in [4.69, 9.17) is 9.47 Å². The monoisotopic (exact) mass is 401 g/mol. The average Bonchev–Trinajstić information content (AvgIpc) is 3.13. The number of anilines is 1. The summed E-state index contributed by atoms with van der Waals surface area (Å²) in [6, 6.07) is 11.6. The molecule has 0 spiro atoms. The van der Waals surface area contributed by atoms with Crippen molar-refractivity contribution in [2.45, 2.75) is 45.8 Å². The van der Waals surface area contributed by atoms with E-state index < -0.39 is 12.1 Å². The van der Waals surface area contributed by atoms with Crippen LogP contribution in [0.15, 0.2) is 36.4 Å². The topological polar surface area (TPSA) is 55.8 Å². The highest BCUT2D eigenvalue weighted by Crippen LogP contribution is 2.39. The molecule has 0 saturated carbocycles. The minimum atomic E-state index is -0.468. The molecule has 1 aliphatic rings. The molecule has 0 N–H and O–H groups in total. The normalized spacial score (nSPS) is 19.5. The maximum absolute atomic E-state index is 13.3. The van der Waals surface area contributed by atoms with Crippen molar-refractivity contribution in [1.82, 2.24) is 0 Å². The van der Waals surface area contributed by atoms with Crippen LogP contribution in [0.1, 0.15) is 43.3 Å². The van der Waals surface area contributed by atoms with Crippen molar-refractivity contribution in [3.05, 3.63) is 41.3 Å². The van der Waals surface area contributed by atoms with E-state index in [2.05, 4.69) is 6.92 Å². The zero-order valence-electron chi connectivity index (χ0n) is 16.8. The van der Waals surface area contributed by atoms with Crippen LogP contribution in [-0.4, -0.2) is 37.7 Å². The van der Waals surface area contributed by atoms with Gasteiger partial charge in [-0.05, 0) is 44.2 Å². The van der Waals surface area contributed by atoms with Crippen LogP contribution >= 0.6 is 11.3 Å². The van der Waals surface area contributed by atoms with Gasteiger partial charge in [0.25, 0.3) is 5.91 Å². The molecule has 1 fully saturated rings. The van der Waals surface area contributed by atoms with Gasteiger partial charge in [0.1, 0.15) is 11.0 Å². The van der Waals surface area contributed by atoms with E-state index in [9.17, 15) is 9.59 Å². The van der Waals surface area contributed by atoms with Crippen molar-refractivity contribution in [2.75, 3.05) is 18.6 Å². The second-order valence-corrected chi connectivity index (χ2v) is 8.54. The third kappa shape index (κ3) is 4.28. The van der Waals surface area contributed by atoms with Crippen LogP contribution in [0.2, 0.25) is 0 Å². The van der Waals surface area contributed by atoms with Crippen molar-refractivity contribution in [3.63, 3.8) is 0 Å². The predicted octanol–water partition coefficient (Wildman–Crippen LogP) is 4.76. The molecule has 1 aliphatic heterocycles. The molecular weight excluding hydrogens is 374 g/mol. The molecule has 3 rings (SSSR count). The number of carbonyl (C=O) groups excluding carboxylic acids is 2. The molecule has 1 amide bonds. The first-order valence-corrected chi connectivity index (χ1v) is 10.5. The fourth-order valence-electron chi connectivity index (χ4n) is 3.43. The van der Waals surface area contributed by atoms with Crippen molar-refractivity contribution in [3.8, 4) is 10.4 Å². The number of nitrogens with zero attached hydrogens (tertiary/aromatic N) is 1. The largest absolute Gasteiger partial charge is 0.465 e. The fraction of sp³-hybridized carbons (Fsp3) is 0.455. The first kappa shape index (κ1) is 20.6. The summed E-state index contributed by atoms with van der Waals surface area (Å²) in [6.07, 6.45) is 1.20. The van der Waals surface area contributed by atoms with Gasteiger partial charge < -0.3 is 14.4 Å². The van der Waals surface area contributed by atoms with E-state index in [1.165, 1.54) is 18.4 Å². The van der Waals surface area contributed by atoms with E-state index in [1.54, 1.807) is 4.90 Å². The molecule has 2 aromatic rings. The lowest BCUT2D eigenvalue weighted by Crippen LogP contribution is -2.46. The van der Waals surface area contributed by atoms with Gasteiger partial charge in [-0.15, -0.1) is 11.3 Å². The standard InChI is InChI=1S/C22H27NO4S/c1-14(2)23(21(24)18-11-10-15(3)13-27-18)17-12-19(16-8-6-5-7-9-16)28-20(17)22(25)26-4/h5-9,12,14-15,18H,10-11,13H2,1-4H3/t15-,18-/m1/s1. The molecule has 1 aromatic carbocycles. The first-order valence-electron chi connectivity index (χ1n) is 9.64. The Kier molecular flexibility index (Phi) is 6.52. The lowest BCUT2D eigenvalue weighted by Gasteiger charge is -2.33. The molecule has 2 atom stereocenters. The lowest BCUT2D eigenvalue weighted by atomic mass is 9.99. The summed E-state index contributed by atoms with van der Waals surface area (Å²) in [5, 5.41) is 0. The Labute approximate surface area is 170 Å². The lowest BCUT2D eigenvalue weighted by molar-refractivity contribution is -0.134. The number of carbonyl (C=O) groups is 2. The number of hydrogen-bond donors (Lipinski definition) is 0. The fourth-order valence-corrected chi connectivity index (χ4v) is 4.50. The molecule has 1 aromatic heterocycles. The molecule has 2 heterocycles. The molecule has 5 nitrogen and oxygen atoms in total. The van der Waals surface area contributed by atoms with Gasteiger partial charge in [0.2, 0.25) is 0 Å². The van der Waals surface area contributed by atoms with Crippen molar-refractivity contribution in [2.24, 2.45) is 5.92 Å². The number of thiophene rings is 1. The van der Waals surface area contributed by atoms with E-state index in [0.29, 0.717) is 29.5 Å². The van der Waals surface area contributed by atoms with Crippen molar-refractivity contribution in [1.29, 1.82) is 0 Å². The quantitative estimate of drug-likeness (QED) is 0.678. The predicted molar refractivity (Wildman–Crippen MR) is 112 cm³/mol. The number of hydrogen-bond acceptors (Lipinski definition) is 5. The Hall–Kier alpha value is -2.18. The molecule has 6 heteroatoms. The van der Waals surface area contributed by atoms with Gasteiger partial charge in [-0.1, -0.05) is 37.3 Å². The second-order valence-electron chi connectivity index (χ2n) is 7.49. The van der Waals surface area contributed by atoms with Crippen molar-refractivity contribution >= 4 is 28.9 Å². The number of amides is 1. The number of rotatable bonds is 5. The maximum Gasteiger partial charge on any atom is 0.350 e. The van der Waals surface area contributed by atoms with Gasteiger partial charge >= 0.3 is 5.97 Å². The average molecular weight is 402 g/mol. The van der Waals surface area contributed by atoms with Gasteiger partial charge in [0.15, 0.2) is 0 Å². The summed E-state index contributed by atoms with van der Waals surface area (Å²) in [7, 11) is 1.36. The highest BCUT2D eigenvalue weighted by molar-refractivity contribution is 7.18. The highest BCUT2D eigenvalue weighted by atomic mass is 32.1. The zero-order valence-corrected chi connectivity index (χ0v) is 17.6. The summed E-state index contributed by atoms with van der Waals surface area (Å²) in [5.41, 5.74) is 1.60. The molecule has 0 unspecified atom stereocenters. The van der Waals surface area contributed by atoms with Gasteiger partial charge in [-0.3, -0.25) is 4.79 Å². The van der Waals surface area contributed by atoms with E-state index in [-0.39, 0.29) is 11.9 Å². The number of ether oxygens (including phenoxy) is 2. The molecule has 0 bridgehead atoms. The van der Waals surface area contributed by atoms with Crippen LogP contribution in [-0.2, 0) is 14.3 Å². The van der Waals surface area contributed by atoms with Crippen LogP contribution in [0, 0.1) is 5.92 Å². The molecular formula is C22H27NO4S. The van der Waals surface area contributed by atoms with E-state index >= 15 is 0 Å². The Bertz CT molecular complexity index is 822. The summed E-state index contributed by atoms with van der Waals surface area (Å²) in [5.74, 6) is -0.0590. The number of methoxy groups -OCH3 is 1. The maximum atomic E-state index is 13.3. The molecule has 0 aliphatic carbocycles. The summed E-state index contributed by atoms with van der Waals surface area (Å²) in [6.45, 7) is 6.61. The summed E-state index contributed by atoms with van der Waals surface area (Å²) < 4.78 is 10.8.